The molecule has 0 heterocycles. The summed E-state index contributed by atoms with van der Waals surface area (Å²) in [6.45, 7) is 3.84. The first-order chi connectivity index (χ1) is 6.54. The van der Waals surface area contributed by atoms with Crippen LogP contribution in [0.2, 0.25) is 0 Å². The SMILES string of the molecule is CCCOP(=O)(OCCC)O[P+](=O)[O-]. The molecule has 0 aromatic heterocycles. The van der Waals surface area contributed by atoms with Crippen LogP contribution in [-0.4, -0.2) is 13.2 Å². The van der Waals surface area contributed by atoms with E-state index in [9.17, 15) is 14.0 Å². The van der Waals surface area contributed by atoms with Crippen LogP contribution < -0.4 is 4.89 Å². The molecule has 0 saturated carbocycles. The molecule has 1 unspecified atom stereocenters. The lowest BCUT2D eigenvalue weighted by atomic mass is 10.5. The molecule has 0 fully saturated rings. The lowest BCUT2D eigenvalue weighted by molar-refractivity contribution is -0.179. The van der Waals surface area contributed by atoms with Crippen LogP contribution in [0, 0.1) is 0 Å². The maximum Gasteiger partial charge on any atom is 0.518 e. The van der Waals surface area contributed by atoms with Gasteiger partial charge in [0.15, 0.2) is 0 Å². The van der Waals surface area contributed by atoms with E-state index < -0.39 is 16.1 Å². The third-order valence-electron chi connectivity index (χ3n) is 1.07. The number of phosphoric ester groups is 1. The summed E-state index contributed by atoms with van der Waals surface area (Å²) in [4.78, 5) is 10.2. The molecule has 0 aliphatic rings. The number of hydrogen-bond acceptors (Lipinski definition) is 6. The Bertz CT molecular complexity index is 206. The average molecular weight is 244 g/mol. The molecular weight excluding hydrogens is 230 g/mol. The van der Waals surface area contributed by atoms with Gasteiger partial charge in [0.1, 0.15) is 0 Å². The van der Waals surface area contributed by atoms with Crippen molar-refractivity contribution in [1.82, 2.24) is 0 Å². The molecule has 0 rings (SSSR count). The van der Waals surface area contributed by atoms with E-state index in [2.05, 4.69) is 4.31 Å². The van der Waals surface area contributed by atoms with Gasteiger partial charge in [-0.05, 0) is 21.7 Å². The van der Waals surface area contributed by atoms with E-state index in [0.29, 0.717) is 12.8 Å². The third kappa shape index (κ3) is 6.60. The van der Waals surface area contributed by atoms with E-state index >= 15 is 0 Å². The zero-order chi connectivity index (χ0) is 11.0. The second kappa shape index (κ2) is 7.46. The molecule has 0 aliphatic heterocycles. The Morgan fingerprint density at radius 2 is 1.64 bits per heavy atom. The van der Waals surface area contributed by atoms with Gasteiger partial charge >= 0.3 is 16.1 Å². The second-order valence-corrected chi connectivity index (χ2v) is 4.93. The Balaban J connectivity index is 4.18. The Hall–Kier alpha value is 0.170. The average Bonchev–Trinajstić information content (AvgIpc) is 2.11. The molecule has 0 aromatic rings. The van der Waals surface area contributed by atoms with Crippen LogP contribution >= 0.6 is 16.1 Å². The fraction of sp³-hybridized carbons (Fsp3) is 1.00. The molecule has 0 bridgehead atoms. The van der Waals surface area contributed by atoms with Gasteiger partial charge in [-0.3, -0.25) is 9.05 Å². The lowest BCUT2D eigenvalue weighted by Gasteiger charge is -2.11. The lowest BCUT2D eigenvalue weighted by Crippen LogP contribution is -2.01. The molecule has 0 spiro atoms. The molecule has 0 amide bonds. The van der Waals surface area contributed by atoms with Crippen LogP contribution in [0.1, 0.15) is 26.7 Å². The first-order valence-electron chi connectivity index (χ1n) is 4.27. The highest BCUT2D eigenvalue weighted by Gasteiger charge is 2.33. The fourth-order valence-corrected chi connectivity index (χ4v) is 2.49. The third-order valence-corrected chi connectivity index (χ3v) is 3.40. The minimum Gasteiger partial charge on any atom is -0.566 e. The standard InChI is InChI=1S/C6H14O6P2/c1-3-5-10-14(9,11-6-4-2)12-13(7)8/h3-6H2,1-2H3. The van der Waals surface area contributed by atoms with Crippen molar-refractivity contribution in [2.75, 3.05) is 13.2 Å². The molecule has 14 heavy (non-hydrogen) atoms. The van der Waals surface area contributed by atoms with Crippen molar-refractivity contribution in [2.45, 2.75) is 26.7 Å². The van der Waals surface area contributed by atoms with Crippen molar-refractivity contribution < 1.29 is 27.4 Å². The summed E-state index contributed by atoms with van der Waals surface area (Å²) in [5, 5.41) is 0. The molecule has 6 nitrogen and oxygen atoms in total. The highest BCUT2D eigenvalue weighted by molar-refractivity contribution is 7.56. The summed E-state index contributed by atoms with van der Waals surface area (Å²) >= 11 is 0. The van der Waals surface area contributed by atoms with Crippen molar-refractivity contribution in [1.29, 1.82) is 0 Å². The molecule has 0 saturated heterocycles. The van der Waals surface area contributed by atoms with Gasteiger partial charge in [-0.2, -0.15) is 0 Å². The predicted molar refractivity (Wildman–Crippen MR) is 48.8 cm³/mol. The van der Waals surface area contributed by atoms with Gasteiger partial charge in [0, 0.05) is 0 Å². The maximum atomic E-state index is 11.5. The molecule has 0 aromatic carbocycles. The number of hydrogen-bond donors (Lipinski definition) is 0. The second-order valence-electron chi connectivity index (χ2n) is 2.42. The Morgan fingerprint density at radius 1 is 1.21 bits per heavy atom. The fourth-order valence-electron chi connectivity index (χ4n) is 0.572. The van der Waals surface area contributed by atoms with Crippen molar-refractivity contribution in [3.8, 4) is 0 Å². The van der Waals surface area contributed by atoms with Crippen LogP contribution in [0.5, 0.6) is 0 Å². The number of phosphoric acid groups is 1. The minimum absolute atomic E-state index is 0.129. The predicted octanol–water partition coefficient (Wildman–Crippen LogP) is 1.98. The molecular formula is C6H14O6P2. The molecule has 1 atom stereocenters. The number of rotatable bonds is 8. The summed E-state index contributed by atoms with van der Waals surface area (Å²) in [6.07, 6.45) is 1.19. The van der Waals surface area contributed by atoms with Crippen LogP contribution in [0.15, 0.2) is 0 Å². The molecule has 8 heteroatoms. The molecule has 84 valence electrons. The van der Waals surface area contributed by atoms with Crippen molar-refractivity contribution >= 4 is 16.1 Å². The quantitative estimate of drug-likeness (QED) is 0.607. The van der Waals surface area contributed by atoms with Crippen molar-refractivity contribution in [3.05, 3.63) is 0 Å². The summed E-state index contributed by atoms with van der Waals surface area (Å²) in [5.74, 6) is 0. The molecule has 0 N–H and O–H groups in total. The Morgan fingerprint density at radius 3 is 1.93 bits per heavy atom. The largest absolute Gasteiger partial charge is 0.566 e. The van der Waals surface area contributed by atoms with E-state index in [0.717, 1.165) is 0 Å². The Kier molecular flexibility index (Phi) is 7.55. The van der Waals surface area contributed by atoms with Crippen LogP contribution in [-0.2, 0) is 22.5 Å². The van der Waals surface area contributed by atoms with Gasteiger partial charge in [-0.1, -0.05) is 13.8 Å². The first kappa shape index (κ1) is 14.2. The van der Waals surface area contributed by atoms with E-state index in [-0.39, 0.29) is 13.2 Å². The van der Waals surface area contributed by atoms with E-state index in [1.54, 1.807) is 13.8 Å². The van der Waals surface area contributed by atoms with Gasteiger partial charge in [0.05, 0.1) is 13.2 Å². The molecule has 0 aliphatic carbocycles. The van der Waals surface area contributed by atoms with E-state index in [4.69, 9.17) is 9.05 Å². The van der Waals surface area contributed by atoms with Crippen LogP contribution in [0.25, 0.3) is 0 Å². The van der Waals surface area contributed by atoms with Gasteiger partial charge in [-0.15, -0.1) is 0 Å². The van der Waals surface area contributed by atoms with Crippen molar-refractivity contribution in [2.24, 2.45) is 0 Å². The zero-order valence-electron chi connectivity index (χ0n) is 8.17. The van der Waals surface area contributed by atoms with Gasteiger partial charge in [-0.25, -0.2) is 4.57 Å². The highest BCUT2D eigenvalue weighted by Crippen LogP contribution is 2.54. The molecule has 0 radical (unpaired) electrons. The van der Waals surface area contributed by atoms with E-state index in [1.807, 2.05) is 0 Å². The van der Waals surface area contributed by atoms with Crippen LogP contribution in [0.4, 0.5) is 0 Å². The summed E-state index contributed by atoms with van der Waals surface area (Å²) in [6, 6.07) is 0. The van der Waals surface area contributed by atoms with E-state index in [1.165, 1.54) is 0 Å². The van der Waals surface area contributed by atoms with Crippen molar-refractivity contribution in [3.63, 3.8) is 0 Å². The smallest absolute Gasteiger partial charge is 0.518 e. The summed E-state index contributed by atoms with van der Waals surface area (Å²) < 4.78 is 35.3. The minimum atomic E-state index is -3.90. The maximum absolute atomic E-state index is 11.5. The van der Waals surface area contributed by atoms with Gasteiger partial charge in [0.2, 0.25) is 0 Å². The topological polar surface area (TPSA) is 84.9 Å². The first-order valence-corrected chi connectivity index (χ1v) is 6.83. The summed E-state index contributed by atoms with van der Waals surface area (Å²) in [7, 11) is -7.14. The zero-order valence-corrected chi connectivity index (χ0v) is 9.96. The van der Waals surface area contributed by atoms with Crippen LogP contribution in [0.3, 0.4) is 0 Å². The summed E-state index contributed by atoms with van der Waals surface area (Å²) in [5.41, 5.74) is 0. The monoisotopic (exact) mass is 244 g/mol. The normalized spacial score (nSPS) is 12.9. The van der Waals surface area contributed by atoms with Gasteiger partial charge in [0.25, 0.3) is 0 Å². The van der Waals surface area contributed by atoms with Gasteiger partial charge < -0.3 is 4.89 Å². The highest BCUT2D eigenvalue weighted by atomic mass is 31.2. The Labute approximate surface area is 84.1 Å².